The zero-order valence-electron chi connectivity index (χ0n) is 13.3. The Labute approximate surface area is 135 Å². The Kier molecular flexibility index (Phi) is 4.66. The van der Waals surface area contributed by atoms with Gasteiger partial charge >= 0.3 is 0 Å². The summed E-state index contributed by atoms with van der Waals surface area (Å²) in [5.74, 6) is -0.171. The number of benzene rings is 1. The molecule has 1 aromatic heterocycles. The number of ether oxygens (including phenoxy) is 1. The number of nitrogens with zero attached hydrogens (tertiary/aromatic N) is 1. The molecule has 1 fully saturated rings. The molecule has 6 heteroatoms. The summed E-state index contributed by atoms with van der Waals surface area (Å²) in [6.45, 7) is 5.50. The molecular formula is C17H23N3O3. The zero-order valence-corrected chi connectivity index (χ0v) is 13.3. The van der Waals surface area contributed by atoms with Gasteiger partial charge in [0.15, 0.2) is 0 Å². The van der Waals surface area contributed by atoms with E-state index in [0.717, 1.165) is 24.0 Å². The molecule has 6 nitrogen and oxygen atoms in total. The molecule has 1 unspecified atom stereocenters. The second kappa shape index (κ2) is 6.70. The fourth-order valence-electron chi connectivity index (χ4n) is 2.86. The van der Waals surface area contributed by atoms with Crippen LogP contribution in [0.5, 0.6) is 0 Å². The van der Waals surface area contributed by atoms with Crippen LogP contribution < -0.4 is 5.32 Å². The number of carbonyl (C=O) groups is 1. The summed E-state index contributed by atoms with van der Waals surface area (Å²) in [5.41, 5.74) is 0.630. The average Bonchev–Trinajstić information content (AvgIpc) is 3.01. The second-order valence-electron chi connectivity index (χ2n) is 6.35. The maximum absolute atomic E-state index is 12.3. The largest absolute Gasteiger partial charge is 0.387 e. The van der Waals surface area contributed by atoms with Crippen LogP contribution >= 0.6 is 0 Å². The van der Waals surface area contributed by atoms with Gasteiger partial charge in [0.25, 0.3) is 5.91 Å². The third-order valence-corrected chi connectivity index (χ3v) is 4.11. The van der Waals surface area contributed by atoms with Crippen molar-refractivity contribution in [3.8, 4) is 0 Å². The molecule has 1 saturated heterocycles. The zero-order chi connectivity index (χ0) is 16.3. The van der Waals surface area contributed by atoms with E-state index in [9.17, 15) is 9.90 Å². The van der Waals surface area contributed by atoms with Gasteiger partial charge in [-0.2, -0.15) is 0 Å². The van der Waals surface area contributed by atoms with Crippen molar-refractivity contribution >= 4 is 16.8 Å². The first-order chi connectivity index (χ1) is 11.0. The lowest BCUT2D eigenvalue weighted by Gasteiger charge is -2.33. The van der Waals surface area contributed by atoms with Gasteiger partial charge < -0.3 is 20.1 Å². The van der Waals surface area contributed by atoms with E-state index in [1.165, 1.54) is 0 Å². The van der Waals surface area contributed by atoms with Crippen LogP contribution in [-0.4, -0.2) is 65.9 Å². The van der Waals surface area contributed by atoms with Gasteiger partial charge in [0, 0.05) is 48.8 Å². The Hall–Kier alpha value is -1.89. The van der Waals surface area contributed by atoms with Crippen LogP contribution in [-0.2, 0) is 4.74 Å². The van der Waals surface area contributed by atoms with E-state index in [0.29, 0.717) is 25.3 Å². The number of rotatable bonds is 5. The summed E-state index contributed by atoms with van der Waals surface area (Å²) in [5, 5.41) is 14.3. The van der Waals surface area contributed by atoms with E-state index in [-0.39, 0.29) is 12.5 Å². The number of aliphatic hydroxyl groups is 1. The lowest BCUT2D eigenvalue weighted by atomic mass is 10.1. The molecule has 1 aliphatic rings. The molecule has 0 spiro atoms. The van der Waals surface area contributed by atoms with Crippen LogP contribution in [0.2, 0.25) is 0 Å². The summed E-state index contributed by atoms with van der Waals surface area (Å²) in [4.78, 5) is 17.5. The molecule has 0 aliphatic carbocycles. The van der Waals surface area contributed by atoms with E-state index >= 15 is 0 Å². The Morgan fingerprint density at radius 2 is 2.17 bits per heavy atom. The molecule has 3 rings (SSSR count). The van der Waals surface area contributed by atoms with Crippen molar-refractivity contribution in [3.63, 3.8) is 0 Å². The van der Waals surface area contributed by atoms with Gasteiger partial charge in [-0.25, -0.2) is 0 Å². The van der Waals surface area contributed by atoms with Gasteiger partial charge in [0.05, 0.1) is 18.8 Å². The van der Waals surface area contributed by atoms with E-state index < -0.39 is 5.60 Å². The number of hydrogen-bond acceptors (Lipinski definition) is 4. The maximum atomic E-state index is 12.3. The molecular weight excluding hydrogens is 294 g/mol. The summed E-state index contributed by atoms with van der Waals surface area (Å²) >= 11 is 0. The van der Waals surface area contributed by atoms with Crippen molar-refractivity contribution in [2.75, 3.05) is 39.4 Å². The highest BCUT2D eigenvalue weighted by molar-refractivity contribution is 5.98. The van der Waals surface area contributed by atoms with Crippen LogP contribution in [0.1, 0.15) is 17.3 Å². The van der Waals surface area contributed by atoms with Crippen LogP contribution in [0.15, 0.2) is 30.5 Å². The Morgan fingerprint density at radius 3 is 2.96 bits per heavy atom. The third-order valence-electron chi connectivity index (χ3n) is 4.11. The smallest absolute Gasteiger partial charge is 0.251 e. The van der Waals surface area contributed by atoms with Crippen LogP contribution in [0.25, 0.3) is 10.9 Å². The second-order valence-corrected chi connectivity index (χ2v) is 6.35. The Balaban J connectivity index is 1.56. The monoisotopic (exact) mass is 317 g/mol. The molecule has 2 heterocycles. The number of morpholine rings is 1. The predicted molar refractivity (Wildman–Crippen MR) is 88.5 cm³/mol. The molecule has 1 amide bonds. The summed E-state index contributed by atoms with van der Waals surface area (Å²) in [6.07, 6.45) is 1.85. The molecule has 1 aliphatic heterocycles. The number of amides is 1. The summed E-state index contributed by atoms with van der Waals surface area (Å²) < 4.78 is 5.30. The van der Waals surface area contributed by atoms with Crippen molar-refractivity contribution in [1.29, 1.82) is 0 Å². The Morgan fingerprint density at radius 1 is 1.39 bits per heavy atom. The van der Waals surface area contributed by atoms with Gasteiger partial charge in [-0.05, 0) is 31.2 Å². The molecule has 0 bridgehead atoms. The number of carbonyl (C=O) groups excluding carboxylic acids is 1. The van der Waals surface area contributed by atoms with Crippen molar-refractivity contribution in [1.82, 2.24) is 15.2 Å². The lowest BCUT2D eigenvalue weighted by molar-refractivity contribution is -0.0213. The van der Waals surface area contributed by atoms with Crippen molar-refractivity contribution in [2.45, 2.75) is 12.5 Å². The van der Waals surface area contributed by atoms with E-state index in [1.54, 1.807) is 13.0 Å². The first-order valence-electron chi connectivity index (χ1n) is 7.91. The molecule has 1 aromatic carbocycles. The quantitative estimate of drug-likeness (QED) is 0.768. The summed E-state index contributed by atoms with van der Waals surface area (Å²) in [6, 6.07) is 7.44. The van der Waals surface area contributed by atoms with Crippen molar-refractivity contribution in [2.24, 2.45) is 0 Å². The number of aromatic amines is 1. The van der Waals surface area contributed by atoms with E-state index in [2.05, 4.69) is 15.2 Å². The molecule has 1 atom stereocenters. The summed E-state index contributed by atoms with van der Waals surface area (Å²) in [7, 11) is 0. The third kappa shape index (κ3) is 4.10. The van der Waals surface area contributed by atoms with Crippen molar-refractivity contribution in [3.05, 3.63) is 36.0 Å². The van der Waals surface area contributed by atoms with Crippen molar-refractivity contribution < 1.29 is 14.6 Å². The van der Waals surface area contributed by atoms with E-state index in [4.69, 9.17) is 4.74 Å². The van der Waals surface area contributed by atoms with Crippen LogP contribution in [0.3, 0.4) is 0 Å². The van der Waals surface area contributed by atoms with Gasteiger partial charge in [-0.15, -0.1) is 0 Å². The molecule has 124 valence electrons. The average molecular weight is 317 g/mol. The number of fused-ring (bicyclic) bond motifs is 1. The predicted octanol–water partition coefficient (Wildman–Crippen LogP) is 0.981. The maximum Gasteiger partial charge on any atom is 0.251 e. The molecule has 0 saturated carbocycles. The standard InChI is InChI=1S/C17H23N3O3/c1-17(22,12-20-6-8-23-9-7-20)11-19-16(21)14-2-3-15-13(10-14)4-5-18-15/h2-5,10,18,22H,6-9,11-12H2,1H3,(H,19,21). The first kappa shape index (κ1) is 16.0. The Bertz CT molecular complexity index is 675. The van der Waals surface area contributed by atoms with Gasteiger partial charge in [-0.3, -0.25) is 9.69 Å². The van der Waals surface area contributed by atoms with Gasteiger partial charge in [-0.1, -0.05) is 0 Å². The number of nitrogens with one attached hydrogen (secondary N) is 2. The number of β-amino-alcohol motifs (C(OH)–C–C–N with tert-alkyl or cyclic N) is 1. The first-order valence-corrected chi connectivity index (χ1v) is 7.91. The highest BCUT2D eigenvalue weighted by Crippen LogP contribution is 2.14. The highest BCUT2D eigenvalue weighted by Gasteiger charge is 2.26. The molecule has 0 radical (unpaired) electrons. The minimum absolute atomic E-state index is 0.171. The van der Waals surface area contributed by atoms with Gasteiger partial charge in [0.2, 0.25) is 0 Å². The fourth-order valence-corrected chi connectivity index (χ4v) is 2.86. The van der Waals surface area contributed by atoms with E-state index in [1.807, 2.05) is 24.4 Å². The molecule has 2 aromatic rings. The number of aromatic nitrogens is 1. The SMILES string of the molecule is CC(O)(CNC(=O)c1ccc2[nH]ccc2c1)CN1CCOCC1. The van der Waals surface area contributed by atoms with Crippen LogP contribution in [0.4, 0.5) is 0 Å². The fraction of sp³-hybridized carbons (Fsp3) is 0.471. The normalized spacial score (nSPS) is 18.7. The number of hydrogen-bond donors (Lipinski definition) is 3. The lowest BCUT2D eigenvalue weighted by Crippen LogP contribution is -2.51. The topological polar surface area (TPSA) is 77.6 Å². The van der Waals surface area contributed by atoms with Gasteiger partial charge in [0.1, 0.15) is 0 Å². The molecule has 23 heavy (non-hydrogen) atoms. The minimum Gasteiger partial charge on any atom is -0.387 e. The van der Waals surface area contributed by atoms with Crippen LogP contribution in [0, 0.1) is 0 Å². The highest BCUT2D eigenvalue weighted by atomic mass is 16.5. The molecule has 3 N–H and O–H groups in total. The minimum atomic E-state index is -0.967. The number of H-pyrrole nitrogens is 1.